The molecule has 3 rings (SSSR count). The third-order valence-corrected chi connectivity index (χ3v) is 4.83. The molecule has 0 bridgehead atoms. The highest BCUT2D eigenvalue weighted by atomic mass is 32.2. The van der Waals surface area contributed by atoms with E-state index in [1.165, 1.54) is 17.0 Å². The zero-order valence-corrected chi connectivity index (χ0v) is 14.7. The van der Waals surface area contributed by atoms with Crippen LogP contribution in [0.2, 0.25) is 0 Å². The second-order valence-electron chi connectivity index (χ2n) is 5.67. The lowest BCUT2D eigenvalue weighted by Crippen LogP contribution is -2.21. The van der Waals surface area contributed by atoms with Crippen LogP contribution in [0.5, 0.6) is 0 Å². The predicted molar refractivity (Wildman–Crippen MR) is 99.5 cm³/mol. The van der Waals surface area contributed by atoms with Crippen LogP contribution in [0, 0.1) is 0 Å². The monoisotopic (exact) mass is 338 g/mol. The molecule has 0 atom stereocenters. The largest absolute Gasteiger partial charge is 0.301 e. The maximum atomic E-state index is 4.33. The van der Waals surface area contributed by atoms with Gasteiger partial charge in [-0.1, -0.05) is 18.2 Å². The number of thioether (sulfide) groups is 1. The molecule has 124 valence electrons. The Kier molecular flexibility index (Phi) is 6.04. The Morgan fingerprint density at radius 3 is 2.58 bits per heavy atom. The molecule has 0 aliphatic carbocycles. The van der Waals surface area contributed by atoms with Crippen LogP contribution >= 0.6 is 11.8 Å². The molecule has 0 aliphatic heterocycles. The first-order chi connectivity index (χ1) is 11.8. The van der Waals surface area contributed by atoms with Crippen LogP contribution in [0.15, 0.2) is 72.0 Å². The third-order valence-electron chi connectivity index (χ3n) is 3.73. The van der Waals surface area contributed by atoms with Gasteiger partial charge < -0.3 is 4.90 Å². The van der Waals surface area contributed by atoms with Crippen molar-refractivity contribution in [3.63, 3.8) is 0 Å². The summed E-state index contributed by atoms with van der Waals surface area (Å²) in [5, 5.41) is 0. The van der Waals surface area contributed by atoms with Crippen molar-refractivity contribution < 1.29 is 0 Å². The highest BCUT2D eigenvalue weighted by Crippen LogP contribution is 2.18. The molecule has 0 spiro atoms. The van der Waals surface area contributed by atoms with Gasteiger partial charge in [-0.15, -0.1) is 11.8 Å². The average molecular weight is 338 g/mol. The lowest BCUT2D eigenvalue weighted by molar-refractivity contribution is 0.322. The summed E-state index contributed by atoms with van der Waals surface area (Å²) in [5.74, 6) is 1.86. The maximum Gasteiger partial charge on any atom is 0.233 e. The van der Waals surface area contributed by atoms with Gasteiger partial charge in [-0.25, -0.2) is 9.97 Å². The fraction of sp³-hybridized carbons (Fsp3) is 0.263. The molecule has 0 radical (unpaired) electrons. The average Bonchev–Trinajstić information content (AvgIpc) is 3.08. The van der Waals surface area contributed by atoms with Crippen molar-refractivity contribution in [3.8, 4) is 5.95 Å². The van der Waals surface area contributed by atoms with Crippen LogP contribution < -0.4 is 0 Å². The van der Waals surface area contributed by atoms with Crippen molar-refractivity contribution in [2.75, 3.05) is 19.3 Å². The Bertz CT molecular complexity index is 727. The lowest BCUT2D eigenvalue weighted by Gasteiger charge is -2.17. The minimum Gasteiger partial charge on any atom is -0.301 e. The van der Waals surface area contributed by atoms with Gasteiger partial charge in [-0.3, -0.25) is 4.57 Å². The minimum absolute atomic E-state index is 0.727. The molecule has 1 aromatic carbocycles. The van der Waals surface area contributed by atoms with Crippen molar-refractivity contribution in [2.45, 2.75) is 17.9 Å². The first-order valence-electron chi connectivity index (χ1n) is 8.13. The van der Waals surface area contributed by atoms with E-state index in [2.05, 4.69) is 62.9 Å². The quantitative estimate of drug-likeness (QED) is 0.461. The molecule has 0 amide bonds. The highest BCUT2D eigenvalue weighted by molar-refractivity contribution is 7.99. The van der Waals surface area contributed by atoms with E-state index in [1.807, 2.05) is 30.1 Å². The minimum atomic E-state index is 0.727. The SMILES string of the molecule is CN(CCCSc1ccccc1)Cc1cccn1-c1ncccn1. The summed E-state index contributed by atoms with van der Waals surface area (Å²) in [6.07, 6.45) is 6.73. The normalized spacial score (nSPS) is 11.1. The first-order valence-corrected chi connectivity index (χ1v) is 9.11. The molecule has 0 saturated heterocycles. The number of hydrogen-bond donors (Lipinski definition) is 0. The molecule has 0 N–H and O–H groups in total. The van der Waals surface area contributed by atoms with Gasteiger partial charge in [0.25, 0.3) is 0 Å². The summed E-state index contributed by atoms with van der Waals surface area (Å²) < 4.78 is 2.05. The van der Waals surface area contributed by atoms with Crippen LogP contribution in [0.25, 0.3) is 5.95 Å². The van der Waals surface area contributed by atoms with Crippen molar-refractivity contribution >= 4 is 11.8 Å². The molecule has 2 aromatic heterocycles. The molecule has 0 aliphatic rings. The van der Waals surface area contributed by atoms with Gasteiger partial charge in [0, 0.05) is 35.7 Å². The van der Waals surface area contributed by atoms with E-state index in [0.717, 1.165) is 24.8 Å². The van der Waals surface area contributed by atoms with E-state index in [1.54, 1.807) is 12.4 Å². The van der Waals surface area contributed by atoms with Gasteiger partial charge in [0.05, 0.1) is 0 Å². The Balaban J connectivity index is 1.47. The van der Waals surface area contributed by atoms with E-state index in [-0.39, 0.29) is 0 Å². The molecule has 0 saturated carbocycles. The Labute approximate surface area is 147 Å². The van der Waals surface area contributed by atoms with Crippen LogP contribution in [0.3, 0.4) is 0 Å². The van der Waals surface area contributed by atoms with Crippen molar-refractivity contribution in [1.82, 2.24) is 19.4 Å². The van der Waals surface area contributed by atoms with E-state index in [0.29, 0.717) is 0 Å². The lowest BCUT2D eigenvalue weighted by atomic mass is 10.3. The topological polar surface area (TPSA) is 34.0 Å². The zero-order chi connectivity index (χ0) is 16.6. The van der Waals surface area contributed by atoms with Gasteiger partial charge in [0.15, 0.2) is 0 Å². The van der Waals surface area contributed by atoms with Crippen LogP contribution in [-0.2, 0) is 6.54 Å². The zero-order valence-electron chi connectivity index (χ0n) is 13.9. The van der Waals surface area contributed by atoms with Gasteiger partial charge in [-0.05, 0) is 56.1 Å². The van der Waals surface area contributed by atoms with E-state index >= 15 is 0 Å². The number of hydrogen-bond acceptors (Lipinski definition) is 4. The van der Waals surface area contributed by atoms with Gasteiger partial charge in [0.1, 0.15) is 0 Å². The summed E-state index contributed by atoms with van der Waals surface area (Å²) in [6, 6.07) is 16.6. The van der Waals surface area contributed by atoms with Crippen LogP contribution in [0.1, 0.15) is 12.1 Å². The number of benzene rings is 1. The van der Waals surface area contributed by atoms with Crippen molar-refractivity contribution in [1.29, 1.82) is 0 Å². The fourth-order valence-electron chi connectivity index (χ4n) is 2.55. The fourth-order valence-corrected chi connectivity index (χ4v) is 3.41. The van der Waals surface area contributed by atoms with Gasteiger partial charge >= 0.3 is 0 Å². The molecule has 5 heteroatoms. The smallest absolute Gasteiger partial charge is 0.233 e. The molecule has 0 unspecified atom stereocenters. The van der Waals surface area contributed by atoms with E-state index in [4.69, 9.17) is 0 Å². The summed E-state index contributed by atoms with van der Waals surface area (Å²) in [6.45, 7) is 1.96. The Morgan fingerprint density at radius 1 is 1.00 bits per heavy atom. The number of aromatic nitrogens is 3. The Morgan fingerprint density at radius 2 is 1.79 bits per heavy atom. The van der Waals surface area contributed by atoms with Gasteiger partial charge in [0.2, 0.25) is 5.95 Å². The first kappa shape index (κ1) is 16.7. The number of rotatable bonds is 8. The van der Waals surface area contributed by atoms with Crippen LogP contribution in [0.4, 0.5) is 0 Å². The van der Waals surface area contributed by atoms with E-state index in [9.17, 15) is 0 Å². The molecule has 3 aromatic rings. The molecule has 2 heterocycles. The molecular weight excluding hydrogens is 316 g/mol. The number of nitrogens with zero attached hydrogens (tertiary/aromatic N) is 4. The Hall–Kier alpha value is -2.11. The van der Waals surface area contributed by atoms with Crippen molar-refractivity contribution in [3.05, 3.63) is 72.8 Å². The summed E-state index contributed by atoms with van der Waals surface area (Å²) >= 11 is 1.92. The summed E-state index contributed by atoms with van der Waals surface area (Å²) in [7, 11) is 2.16. The molecular formula is C19H22N4S. The predicted octanol–water partition coefficient (Wildman–Crippen LogP) is 3.88. The molecule has 0 fully saturated rings. The van der Waals surface area contributed by atoms with Crippen LogP contribution in [-0.4, -0.2) is 38.8 Å². The summed E-state index contributed by atoms with van der Waals surface area (Å²) in [5.41, 5.74) is 1.21. The highest BCUT2D eigenvalue weighted by Gasteiger charge is 2.08. The standard InChI is InChI=1S/C19H22N4S/c1-22(13-7-15-24-18-9-3-2-4-10-18)16-17-8-5-14-23(17)19-20-11-6-12-21-19/h2-6,8-12,14H,7,13,15-16H2,1H3. The van der Waals surface area contributed by atoms with Gasteiger partial charge in [-0.2, -0.15) is 0 Å². The second-order valence-corrected chi connectivity index (χ2v) is 6.84. The maximum absolute atomic E-state index is 4.33. The molecule has 4 nitrogen and oxygen atoms in total. The summed E-state index contributed by atoms with van der Waals surface area (Å²) in [4.78, 5) is 12.3. The second kappa shape index (κ2) is 8.66. The third kappa shape index (κ3) is 4.69. The van der Waals surface area contributed by atoms with E-state index < -0.39 is 0 Å². The molecule has 24 heavy (non-hydrogen) atoms. The van der Waals surface area contributed by atoms with Crippen molar-refractivity contribution in [2.24, 2.45) is 0 Å².